The highest BCUT2D eigenvalue weighted by Crippen LogP contribution is 2.23. The Morgan fingerprint density at radius 1 is 1.69 bits per heavy atom. The Hall–Kier alpha value is -1.32. The molecule has 0 aliphatic carbocycles. The van der Waals surface area contributed by atoms with Gasteiger partial charge in [-0.25, -0.2) is 4.98 Å². The van der Waals surface area contributed by atoms with E-state index in [1.54, 1.807) is 0 Å². The summed E-state index contributed by atoms with van der Waals surface area (Å²) in [6.45, 7) is 2.87. The number of hydrogen-bond donors (Lipinski definition) is 0. The first kappa shape index (κ1) is 11.2. The minimum absolute atomic E-state index is 0.00214. The van der Waals surface area contributed by atoms with Crippen LogP contribution in [0.4, 0.5) is 0 Å². The third-order valence-corrected chi connectivity index (χ3v) is 3.18. The Kier molecular flexibility index (Phi) is 3.27. The van der Waals surface area contributed by atoms with Gasteiger partial charge in [0.25, 0.3) is 0 Å². The number of rotatable bonds is 3. The van der Waals surface area contributed by atoms with E-state index >= 15 is 0 Å². The Bertz CT molecular complexity index is 384. The average Bonchev–Trinajstić information content (AvgIpc) is 2.71. The van der Waals surface area contributed by atoms with Crippen molar-refractivity contribution in [2.45, 2.75) is 39.2 Å². The Morgan fingerprint density at radius 2 is 2.50 bits per heavy atom. The number of aryl methyl sites for hydroxylation is 2. The molecule has 1 aliphatic heterocycles. The van der Waals surface area contributed by atoms with Crippen LogP contribution >= 0.6 is 0 Å². The molecule has 2 heterocycles. The minimum atomic E-state index is -0.0956. The third-order valence-electron chi connectivity index (χ3n) is 3.18. The molecule has 0 bridgehead atoms. The third kappa shape index (κ3) is 1.96. The number of nitrogens with zero attached hydrogens (tertiary/aromatic N) is 2. The van der Waals surface area contributed by atoms with Gasteiger partial charge in [-0.3, -0.25) is 4.79 Å². The van der Waals surface area contributed by atoms with Crippen molar-refractivity contribution in [3.8, 4) is 0 Å². The van der Waals surface area contributed by atoms with E-state index in [1.807, 2.05) is 6.20 Å². The van der Waals surface area contributed by atoms with Crippen LogP contribution in [0, 0.1) is 5.92 Å². The van der Waals surface area contributed by atoms with Crippen LogP contribution < -0.4 is 0 Å². The fraction of sp³-hybridized carbons (Fsp3) is 0.667. The molecule has 4 heteroatoms. The monoisotopic (exact) mass is 222 g/mol. The zero-order valence-electron chi connectivity index (χ0n) is 9.90. The number of carbonyl (C=O) groups excluding carboxylic acids is 1. The van der Waals surface area contributed by atoms with Crippen molar-refractivity contribution in [1.29, 1.82) is 0 Å². The van der Waals surface area contributed by atoms with Gasteiger partial charge in [-0.2, -0.15) is 0 Å². The molecule has 0 amide bonds. The maximum Gasteiger partial charge on any atom is 0.310 e. The molecule has 0 aromatic carbocycles. The quantitative estimate of drug-likeness (QED) is 0.729. The summed E-state index contributed by atoms with van der Waals surface area (Å²) >= 11 is 0. The summed E-state index contributed by atoms with van der Waals surface area (Å²) < 4.78 is 7.00. The summed E-state index contributed by atoms with van der Waals surface area (Å²) in [4.78, 5) is 15.9. The van der Waals surface area contributed by atoms with Gasteiger partial charge < -0.3 is 9.30 Å². The van der Waals surface area contributed by atoms with Crippen molar-refractivity contribution < 1.29 is 9.53 Å². The van der Waals surface area contributed by atoms with Crippen molar-refractivity contribution in [2.75, 3.05) is 7.11 Å². The molecule has 1 aromatic rings. The fourth-order valence-electron chi connectivity index (χ4n) is 2.29. The van der Waals surface area contributed by atoms with Crippen LogP contribution in [0.3, 0.4) is 0 Å². The van der Waals surface area contributed by atoms with E-state index in [9.17, 15) is 4.79 Å². The van der Waals surface area contributed by atoms with Crippen LogP contribution in [0.25, 0.3) is 0 Å². The van der Waals surface area contributed by atoms with Gasteiger partial charge in [0.2, 0.25) is 0 Å². The summed E-state index contributed by atoms with van der Waals surface area (Å²) in [5.41, 5.74) is 1.25. The molecule has 1 aliphatic rings. The average molecular weight is 222 g/mol. The summed E-state index contributed by atoms with van der Waals surface area (Å²) in [7, 11) is 1.46. The van der Waals surface area contributed by atoms with E-state index in [-0.39, 0.29) is 11.9 Å². The molecule has 0 radical (unpaired) electrons. The molecule has 4 nitrogen and oxygen atoms in total. The van der Waals surface area contributed by atoms with Crippen LogP contribution in [0.5, 0.6) is 0 Å². The van der Waals surface area contributed by atoms with Gasteiger partial charge in [0.15, 0.2) is 0 Å². The van der Waals surface area contributed by atoms with Crippen LogP contribution in [0.1, 0.15) is 31.3 Å². The second kappa shape index (κ2) is 4.68. The first-order chi connectivity index (χ1) is 7.76. The van der Waals surface area contributed by atoms with E-state index in [1.165, 1.54) is 12.8 Å². The van der Waals surface area contributed by atoms with Gasteiger partial charge in [0.1, 0.15) is 5.82 Å². The number of hydrogen-bond acceptors (Lipinski definition) is 3. The second-order valence-corrected chi connectivity index (χ2v) is 4.29. The maximum absolute atomic E-state index is 11.5. The minimum Gasteiger partial charge on any atom is -0.469 e. The molecular weight excluding hydrogens is 204 g/mol. The summed E-state index contributed by atoms with van der Waals surface area (Å²) in [6, 6.07) is 0. The molecule has 16 heavy (non-hydrogen) atoms. The molecule has 88 valence electrons. The number of carbonyl (C=O) groups is 1. The van der Waals surface area contributed by atoms with Gasteiger partial charge in [-0.05, 0) is 19.3 Å². The van der Waals surface area contributed by atoms with Gasteiger partial charge in [0.05, 0.1) is 13.0 Å². The Balaban J connectivity index is 2.17. The molecule has 0 fully saturated rings. The molecular formula is C12H18N2O2. The summed E-state index contributed by atoms with van der Waals surface area (Å²) in [5.74, 6) is 1.01. The highest BCUT2D eigenvalue weighted by atomic mass is 16.5. The van der Waals surface area contributed by atoms with E-state index in [2.05, 4.69) is 16.5 Å². The molecule has 0 saturated carbocycles. The van der Waals surface area contributed by atoms with Crippen molar-refractivity contribution in [1.82, 2.24) is 9.55 Å². The van der Waals surface area contributed by atoms with E-state index in [0.29, 0.717) is 0 Å². The maximum atomic E-state index is 11.5. The molecule has 0 spiro atoms. The number of esters is 1. The van der Waals surface area contributed by atoms with Crippen LogP contribution in [0.15, 0.2) is 6.20 Å². The van der Waals surface area contributed by atoms with Crippen LogP contribution in [0.2, 0.25) is 0 Å². The van der Waals surface area contributed by atoms with Crippen LogP contribution in [-0.4, -0.2) is 22.6 Å². The first-order valence-corrected chi connectivity index (χ1v) is 5.87. The highest BCUT2D eigenvalue weighted by Gasteiger charge is 2.26. The van der Waals surface area contributed by atoms with E-state index < -0.39 is 0 Å². The highest BCUT2D eigenvalue weighted by molar-refractivity contribution is 5.72. The first-order valence-electron chi connectivity index (χ1n) is 5.87. The molecule has 0 saturated heterocycles. The van der Waals surface area contributed by atoms with Crippen molar-refractivity contribution in [3.63, 3.8) is 0 Å². The lowest BCUT2D eigenvalue weighted by Crippen LogP contribution is -2.28. The smallest absolute Gasteiger partial charge is 0.310 e. The molecule has 1 aromatic heterocycles. The number of aromatic nitrogens is 2. The zero-order valence-corrected chi connectivity index (χ0v) is 9.90. The molecule has 1 atom stereocenters. The zero-order chi connectivity index (χ0) is 11.5. The van der Waals surface area contributed by atoms with Crippen molar-refractivity contribution >= 4 is 5.97 Å². The van der Waals surface area contributed by atoms with Gasteiger partial charge in [0, 0.05) is 24.9 Å². The van der Waals surface area contributed by atoms with Gasteiger partial charge >= 0.3 is 5.97 Å². The lowest BCUT2D eigenvalue weighted by atomic mass is 9.98. The topological polar surface area (TPSA) is 44.1 Å². The molecule has 1 unspecified atom stereocenters. The largest absolute Gasteiger partial charge is 0.469 e. The Labute approximate surface area is 95.6 Å². The van der Waals surface area contributed by atoms with Crippen molar-refractivity contribution in [2.24, 2.45) is 5.92 Å². The van der Waals surface area contributed by atoms with Gasteiger partial charge in [-0.1, -0.05) is 6.92 Å². The van der Waals surface area contributed by atoms with E-state index in [0.717, 1.165) is 38.1 Å². The predicted octanol–water partition coefficient (Wildman–Crippen LogP) is 1.57. The number of fused-ring (bicyclic) bond motifs is 1. The summed E-state index contributed by atoms with van der Waals surface area (Å²) in [5, 5.41) is 0. The van der Waals surface area contributed by atoms with Crippen molar-refractivity contribution in [3.05, 3.63) is 17.7 Å². The normalized spacial score (nSPS) is 19.2. The fourth-order valence-corrected chi connectivity index (χ4v) is 2.29. The lowest BCUT2D eigenvalue weighted by molar-refractivity contribution is -0.146. The SMILES string of the molecule is CCCc1ncc2n1CC(C(=O)OC)CC2. The standard InChI is InChI=1S/C12H18N2O2/c1-3-4-11-13-7-10-6-5-9(8-14(10)11)12(15)16-2/h7,9H,3-6,8H2,1-2H3. The second-order valence-electron chi connectivity index (χ2n) is 4.29. The number of imidazole rings is 1. The van der Waals surface area contributed by atoms with Crippen LogP contribution in [-0.2, 0) is 28.9 Å². The Morgan fingerprint density at radius 3 is 3.19 bits per heavy atom. The number of methoxy groups -OCH3 is 1. The molecule has 2 rings (SSSR count). The predicted molar refractivity (Wildman–Crippen MR) is 60.0 cm³/mol. The van der Waals surface area contributed by atoms with E-state index in [4.69, 9.17) is 4.74 Å². The van der Waals surface area contributed by atoms with Gasteiger partial charge in [-0.15, -0.1) is 0 Å². The number of ether oxygens (including phenoxy) is 1. The summed E-state index contributed by atoms with van der Waals surface area (Å²) in [6.07, 6.45) is 5.81. The lowest BCUT2D eigenvalue weighted by Gasteiger charge is -2.23. The molecule has 0 N–H and O–H groups in total.